The van der Waals surface area contributed by atoms with Crippen molar-refractivity contribution in [1.82, 2.24) is 5.32 Å². The van der Waals surface area contributed by atoms with Gasteiger partial charge in [0.05, 0.1) is 0 Å². The number of furan rings is 1. The van der Waals surface area contributed by atoms with Crippen LogP contribution in [0.5, 0.6) is 0 Å². The molecule has 1 aromatic heterocycles. The minimum atomic E-state index is 0.338. The molecule has 1 atom stereocenters. The first-order valence-corrected chi connectivity index (χ1v) is 5.67. The van der Waals surface area contributed by atoms with E-state index in [1.807, 2.05) is 6.07 Å². The first-order chi connectivity index (χ1) is 6.80. The number of hydrogen-bond donors (Lipinski definition) is 1. The van der Waals surface area contributed by atoms with Crippen LogP contribution in [0.3, 0.4) is 0 Å². The van der Waals surface area contributed by atoms with Crippen LogP contribution in [0.4, 0.5) is 0 Å². The molecular formula is C11H14ClNO. The number of hydrogen-bond acceptors (Lipinski definition) is 2. The first kappa shape index (κ1) is 8.81. The van der Waals surface area contributed by atoms with Crippen LogP contribution in [-0.2, 0) is 11.8 Å². The molecule has 0 saturated carbocycles. The molecule has 0 amide bonds. The lowest BCUT2D eigenvalue weighted by Gasteiger charge is -2.31. The van der Waals surface area contributed by atoms with Crippen molar-refractivity contribution in [2.45, 2.75) is 31.1 Å². The van der Waals surface area contributed by atoms with Crippen LogP contribution < -0.4 is 5.32 Å². The molecule has 2 nitrogen and oxygen atoms in total. The molecule has 3 heteroatoms. The van der Waals surface area contributed by atoms with Crippen molar-refractivity contribution < 1.29 is 4.42 Å². The monoisotopic (exact) mass is 211 g/mol. The third kappa shape index (κ3) is 1.14. The molecule has 0 aromatic carbocycles. The molecule has 0 radical (unpaired) electrons. The highest BCUT2D eigenvalue weighted by Gasteiger charge is 2.40. The van der Waals surface area contributed by atoms with Crippen LogP contribution in [0.2, 0.25) is 5.22 Å². The summed E-state index contributed by atoms with van der Waals surface area (Å²) in [7, 11) is 0. The molecule has 2 aliphatic rings. The summed E-state index contributed by atoms with van der Waals surface area (Å²) < 4.78 is 5.53. The number of rotatable bonds is 0. The summed E-state index contributed by atoms with van der Waals surface area (Å²) in [5, 5.41) is 4.01. The number of aryl methyl sites for hydroxylation is 1. The second-order valence-electron chi connectivity index (χ2n) is 4.45. The van der Waals surface area contributed by atoms with Crippen LogP contribution in [0.15, 0.2) is 10.5 Å². The van der Waals surface area contributed by atoms with Gasteiger partial charge in [0.2, 0.25) is 0 Å². The van der Waals surface area contributed by atoms with Gasteiger partial charge in [0.25, 0.3) is 0 Å². The maximum atomic E-state index is 5.93. The van der Waals surface area contributed by atoms with Crippen LogP contribution in [-0.4, -0.2) is 13.1 Å². The van der Waals surface area contributed by atoms with Crippen molar-refractivity contribution in [3.8, 4) is 0 Å². The molecule has 14 heavy (non-hydrogen) atoms. The van der Waals surface area contributed by atoms with E-state index in [0.717, 1.165) is 25.3 Å². The molecule has 1 aliphatic carbocycles. The molecule has 1 saturated heterocycles. The molecule has 3 rings (SSSR count). The minimum Gasteiger partial charge on any atom is -0.449 e. The number of halogens is 1. The van der Waals surface area contributed by atoms with Gasteiger partial charge in [-0.2, -0.15) is 0 Å². The van der Waals surface area contributed by atoms with Gasteiger partial charge in [-0.3, -0.25) is 0 Å². The standard InChI is InChI=1S/C11H14ClNO/c12-10-6-8-9(14-10)2-1-3-11(8)4-5-13-7-11/h6,13H,1-5,7H2. The Hall–Kier alpha value is -0.470. The third-order valence-corrected chi connectivity index (χ3v) is 3.84. The van der Waals surface area contributed by atoms with Gasteiger partial charge >= 0.3 is 0 Å². The smallest absolute Gasteiger partial charge is 0.193 e. The summed E-state index contributed by atoms with van der Waals surface area (Å²) in [5.41, 5.74) is 1.71. The Morgan fingerprint density at radius 1 is 1.43 bits per heavy atom. The highest BCUT2D eigenvalue weighted by atomic mass is 35.5. The minimum absolute atomic E-state index is 0.338. The number of fused-ring (bicyclic) bond motifs is 2. The van der Waals surface area contributed by atoms with Gasteiger partial charge < -0.3 is 9.73 Å². The molecule has 76 valence electrons. The fraction of sp³-hybridized carbons (Fsp3) is 0.636. The summed E-state index contributed by atoms with van der Waals surface area (Å²) in [6.07, 6.45) is 4.81. The van der Waals surface area contributed by atoms with Crippen LogP contribution in [0.1, 0.15) is 30.6 Å². The lowest BCUT2D eigenvalue weighted by Crippen LogP contribution is -2.32. The fourth-order valence-electron chi connectivity index (χ4n) is 2.94. The Kier molecular flexibility index (Phi) is 1.89. The molecule has 1 aromatic rings. The quantitative estimate of drug-likeness (QED) is 0.714. The molecule has 2 heterocycles. The van der Waals surface area contributed by atoms with E-state index in [1.54, 1.807) is 0 Å². The largest absolute Gasteiger partial charge is 0.449 e. The summed E-state index contributed by atoms with van der Waals surface area (Å²) in [4.78, 5) is 0. The maximum absolute atomic E-state index is 5.93. The average molecular weight is 212 g/mol. The Bertz CT molecular complexity index is 352. The Balaban J connectivity index is 2.09. The van der Waals surface area contributed by atoms with E-state index in [1.165, 1.54) is 24.8 Å². The number of nitrogens with one attached hydrogen (secondary N) is 1. The van der Waals surface area contributed by atoms with E-state index in [4.69, 9.17) is 16.0 Å². The summed E-state index contributed by atoms with van der Waals surface area (Å²) in [6.45, 7) is 2.22. The van der Waals surface area contributed by atoms with Gasteiger partial charge in [-0.05, 0) is 43.5 Å². The van der Waals surface area contributed by atoms with Crippen molar-refractivity contribution in [1.29, 1.82) is 0 Å². The lowest BCUT2D eigenvalue weighted by atomic mass is 9.72. The Morgan fingerprint density at radius 3 is 3.14 bits per heavy atom. The van der Waals surface area contributed by atoms with E-state index >= 15 is 0 Å². The topological polar surface area (TPSA) is 25.2 Å². The average Bonchev–Trinajstić information content (AvgIpc) is 2.74. The Morgan fingerprint density at radius 2 is 2.36 bits per heavy atom. The van der Waals surface area contributed by atoms with E-state index in [2.05, 4.69) is 5.32 Å². The van der Waals surface area contributed by atoms with Crippen molar-refractivity contribution in [2.24, 2.45) is 0 Å². The zero-order valence-corrected chi connectivity index (χ0v) is 8.86. The van der Waals surface area contributed by atoms with E-state index in [-0.39, 0.29) is 0 Å². The van der Waals surface area contributed by atoms with Crippen molar-refractivity contribution in [3.63, 3.8) is 0 Å². The van der Waals surface area contributed by atoms with Crippen LogP contribution in [0, 0.1) is 0 Å². The predicted molar refractivity (Wildman–Crippen MR) is 55.8 cm³/mol. The molecule has 1 fully saturated rings. The maximum Gasteiger partial charge on any atom is 0.193 e. The Labute approximate surface area is 88.6 Å². The zero-order chi connectivity index (χ0) is 9.60. The summed E-state index contributed by atoms with van der Waals surface area (Å²) in [5.74, 6) is 1.13. The van der Waals surface area contributed by atoms with E-state index in [0.29, 0.717) is 10.6 Å². The van der Waals surface area contributed by atoms with E-state index < -0.39 is 0 Å². The first-order valence-electron chi connectivity index (χ1n) is 5.30. The fourth-order valence-corrected chi connectivity index (χ4v) is 3.14. The van der Waals surface area contributed by atoms with Gasteiger partial charge in [0, 0.05) is 23.9 Å². The summed E-state index contributed by atoms with van der Waals surface area (Å²) >= 11 is 5.93. The zero-order valence-electron chi connectivity index (χ0n) is 8.11. The molecule has 1 N–H and O–H groups in total. The van der Waals surface area contributed by atoms with Crippen LogP contribution >= 0.6 is 11.6 Å². The normalized spacial score (nSPS) is 30.9. The molecule has 1 spiro atoms. The van der Waals surface area contributed by atoms with Gasteiger partial charge in [0.1, 0.15) is 5.76 Å². The van der Waals surface area contributed by atoms with Gasteiger partial charge in [0.15, 0.2) is 5.22 Å². The second kappa shape index (κ2) is 3.01. The van der Waals surface area contributed by atoms with Crippen molar-refractivity contribution >= 4 is 11.6 Å². The molecular weight excluding hydrogens is 198 g/mol. The van der Waals surface area contributed by atoms with Gasteiger partial charge in [-0.25, -0.2) is 0 Å². The summed E-state index contributed by atoms with van der Waals surface area (Å²) in [6, 6.07) is 2.03. The van der Waals surface area contributed by atoms with Crippen molar-refractivity contribution in [3.05, 3.63) is 22.6 Å². The van der Waals surface area contributed by atoms with Crippen molar-refractivity contribution in [2.75, 3.05) is 13.1 Å². The SMILES string of the molecule is Clc1cc2c(o1)CCCC21CCNC1. The molecule has 0 bridgehead atoms. The highest BCUT2D eigenvalue weighted by molar-refractivity contribution is 6.29. The van der Waals surface area contributed by atoms with Crippen LogP contribution in [0.25, 0.3) is 0 Å². The molecule has 1 aliphatic heterocycles. The predicted octanol–water partition coefficient (Wildman–Crippen LogP) is 2.50. The van der Waals surface area contributed by atoms with Gasteiger partial charge in [-0.15, -0.1) is 0 Å². The van der Waals surface area contributed by atoms with Gasteiger partial charge in [-0.1, -0.05) is 0 Å². The highest BCUT2D eigenvalue weighted by Crippen LogP contribution is 2.43. The van der Waals surface area contributed by atoms with E-state index in [9.17, 15) is 0 Å². The second-order valence-corrected chi connectivity index (χ2v) is 4.82. The third-order valence-electron chi connectivity index (χ3n) is 3.65. The lowest BCUT2D eigenvalue weighted by molar-refractivity contribution is 0.361. The molecule has 1 unspecified atom stereocenters.